The van der Waals surface area contributed by atoms with Crippen LogP contribution in [-0.4, -0.2) is 163 Å². The van der Waals surface area contributed by atoms with Crippen LogP contribution in [0.25, 0.3) is 0 Å². The fourth-order valence-corrected chi connectivity index (χ4v) is 8.27. The van der Waals surface area contributed by atoms with Crippen molar-refractivity contribution in [2.45, 2.75) is 178 Å². The molecule has 17 heteroatoms. The monoisotopic (exact) mass is 801 g/mol. The number of carbonyl (C=O) groups excluding carboxylic acids is 4. The van der Waals surface area contributed by atoms with Crippen LogP contribution in [0.4, 0.5) is 0 Å². The minimum absolute atomic E-state index is 0.0497. The number of aliphatic hydroxyl groups is 3. The van der Waals surface area contributed by atoms with Crippen LogP contribution < -0.4 is 0 Å². The van der Waals surface area contributed by atoms with E-state index >= 15 is 0 Å². The van der Waals surface area contributed by atoms with E-state index in [9.17, 15) is 34.5 Å². The highest BCUT2D eigenvalue weighted by Gasteiger charge is 2.53. The Hall–Kier alpha value is -2.58. The van der Waals surface area contributed by atoms with E-state index in [-0.39, 0.29) is 31.5 Å². The van der Waals surface area contributed by atoms with Gasteiger partial charge in [0.2, 0.25) is 0 Å². The van der Waals surface area contributed by atoms with E-state index in [0.29, 0.717) is 12.7 Å². The van der Waals surface area contributed by atoms with Crippen molar-refractivity contribution in [3.8, 4) is 0 Å². The summed E-state index contributed by atoms with van der Waals surface area (Å²) in [6.07, 6.45) is -8.25. The first-order valence-corrected chi connectivity index (χ1v) is 19.5. The molecule has 0 aliphatic carbocycles. The van der Waals surface area contributed by atoms with Gasteiger partial charge in [0.15, 0.2) is 18.7 Å². The molecule has 0 unspecified atom stereocenters. The van der Waals surface area contributed by atoms with Gasteiger partial charge >= 0.3 is 17.9 Å². The zero-order valence-corrected chi connectivity index (χ0v) is 34.2. The molecule has 320 valence electrons. The molecule has 0 aromatic carbocycles. The van der Waals surface area contributed by atoms with Crippen LogP contribution in [-0.2, 0) is 61.8 Å². The summed E-state index contributed by atoms with van der Waals surface area (Å²) in [5.41, 5.74) is -1.49. The predicted molar refractivity (Wildman–Crippen MR) is 196 cm³/mol. The fraction of sp³-hybridized carbons (Fsp3) is 0.846. The van der Waals surface area contributed by atoms with Gasteiger partial charge in [-0.25, -0.2) is 0 Å². The van der Waals surface area contributed by atoms with Crippen LogP contribution in [0.5, 0.6) is 0 Å². The highest BCUT2D eigenvalue weighted by atomic mass is 16.7. The number of epoxide rings is 1. The number of fused-ring (bicyclic) bond motifs is 1. The van der Waals surface area contributed by atoms with Gasteiger partial charge in [-0.05, 0) is 60.0 Å². The molecule has 0 aromatic heterocycles. The average molecular weight is 802 g/mol. The number of nitrogens with zero attached hydrogens (tertiary/aromatic N) is 1. The Balaban J connectivity index is 1.66. The second kappa shape index (κ2) is 19.9. The molecule has 0 spiro atoms. The zero-order valence-electron chi connectivity index (χ0n) is 34.2. The third kappa shape index (κ3) is 12.0. The number of hydrogen-bond donors (Lipinski definition) is 3. The summed E-state index contributed by atoms with van der Waals surface area (Å²) in [5, 5.41) is 34.4. The minimum atomic E-state index is -1.49. The first-order chi connectivity index (χ1) is 26.3. The third-order valence-corrected chi connectivity index (χ3v) is 11.0. The first-order valence-electron chi connectivity index (χ1n) is 19.5. The topological polar surface area (TPSA) is 219 Å². The van der Waals surface area contributed by atoms with Crippen molar-refractivity contribution in [2.24, 2.45) is 11.8 Å². The molecule has 4 aliphatic heterocycles. The van der Waals surface area contributed by atoms with Gasteiger partial charge in [0.1, 0.15) is 48.5 Å². The maximum Gasteiger partial charge on any atom is 0.309 e. The van der Waals surface area contributed by atoms with Crippen LogP contribution in [0.1, 0.15) is 80.6 Å². The number of esters is 3. The van der Waals surface area contributed by atoms with Crippen LogP contribution in [0.3, 0.4) is 0 Å². The number of methoxy groups -OCH3 is 1. The maximum atomic E-state index is 13.3. The Bertz CT molecular complexity index is 1360. The van der Waals surface area contributed by atoms with Gasteiger partial charge in [0.25, 0.3) is 0 Å². The molecule has 56 heavy (non-hydrogen) atoms. The van der Waals surface area contributed by atoms with Crippen molar-refractivity contribution in [2.75, 3.05) is 21.2 Å². The van der Waals surface area contributed by atoms with Crippen molar-refractivity contribution < 1.29 is 77.1 Å². The molecular formula is C39H63NO16. The SMILES string of the molecule is CO[C@@H]1[C@@H](O[C@@H]2O[C@@H](C)[C@@H](O[C@@H]3C[C@](C)(O)[C@H](OC(C)=O)[C@H](C)O3)[C@@H](N(C)C)[C@H]2O)[C@@H](CC=O)C[C@H](C)[C@@H](O)/C=C/[C@H]2O[C@H]2C[C@@H](C)OC(=O)C[C@@H]1OC(C)=O. The van der Waals surface area contributed by atoms with Crippen molar-refractivity contribution in [3.05, 3.63) is 12.2 Å². The van der Waals surface area contributed by atoms with Gasteiger partial charge < -0.3 is 67.6 Å². The molecule has 4 rings (SSSR count). The standard InChI is InChI=1S/C39H63NO16/c1-19-15-25(13-14-41)35(36(48-10)29(52-23(5)42)17-30(45)49-20(2)16-28-27(54-28)12-11-26(19)44)56-38-33(46)32(40(8)9)34(21(3)51-38)55-31-18-39(7,47)37(22(4)50-31)53-24(6)43/h11-12,14,19-22,25-29,31-38,44,46-47H,13,15-18H2,1-10H3/b12-11+/t19-,20+,21-,22-,25-,26-,27+,28-,29-,31+,32-,33+,34+,35-,36-,37+,38-,39-/m0/s1. The highest BCUT2D eigenvalue weighted by molar-refractivity contribution is 5.72. The second-order valence-corrected chi connectivity index (χ2v) is 16.2. The summed E-state index contributed by atoms with van der Waals surface area (Å²) in [6, 6.07) is -0.782. The first kappa shape index (κ1) is 46.1. The number of cyclic esters (lactones) is 1. The molecule has 0 saturated carbocycles. The van der Waals surface area contributed by atoms with Crippen LogP contribution in [0.2, 0.25) is 0 Å². The molecule has 0 radical (unpaired) electrons. The summed E-state index contributed by atoms with van der Waals surface area (Å²) in [7, 11) is 4.84. The molecule has 17 nitrogen and oxygen atoms in total. The largest absolute Gasteiger partial charge is 0.462 e. The Morgan fingerprint density at radius 3 is 2.21 bits per heavy atom. The molecule has 3 saturated heterocycles. The van der Waals surface area contributed by atoms with Crippen LogP contribution >= 0.6 is 0 Å². The number of hydrogen-bond acceptors (Lipinski definition) is 17. The maximum absolute atomic E-state index is 13.3. The van der Waals surface area contributed by atoms with Gasteiger partial charge in [-0.3, -0.25) is 14.4 Å². The van der Waals surface area contributed by atoms with E-state index in [0.717, 1.165) is 0 Å². The van der Waals surface area contributed by atoms with Crippen molar-refractivity contribution in [1.29, 1.82) is 0 Å². The van der Waals surface area contributed by atoms with Gasteiger partial charge in [0, 0.05) is 40.2 Å². The number of rotatable bonds is 10. The lowest BCUT2D eigenvalue weighted by Crippen LogP contribution is -2.66. The summed E-state index contributed by atoms with van der Waals surface area (Å²) >= 11 is 0. The van der Waals surface area contributed by atoms with E-state index in [4.69, 9.17) is 42.6 Å². The van der Waals surface area contributed by atoms with E-state index in [2.05, 4.69) is 0 Å². The molecule has 4 aliphatic rings. The molecule has 0 amide bonds. The Morgan fingerprint density at radius 2 is 1.62 bits per heavy atom. The average Bonchev–Trinajstić information content (AvgIpc) is 3.82. The third-order valence-electron chi connectivity index (χ3n) is 11.0. The van der Waals surface area contributed by atoms with Crippen LogP contribution in [0.15, 0.2) is 12.2 Å². The van der Waals surface area contributed by atoms with E-state index < -0.39 is 121 Å². The number of aldehydes is 1. The molecule has 0 bridgehead atoms. The summed E-state index contributed by atoms with van der Waals surface area (Å²) in [6.45, 7) is 10.9. The normalized spacial score (nSPS) is 44.5. The summed E-state index contributed by atoms with van der Waals surface area (Å²) in [4.78, 5) is 51.5. The van der Waals surface area contributed by atoms with E-state index in [1.165, 1.54) is 27.9 Å². The Morgan fingerprint density at radius 1 is 0.946 bits per heavy atom. The molecule has 0 aromatic rings. The number of likely N-dealkylation sites (N-methyl/N-ethyl adjacent to an activating group) is 1. The Kier molecular flexibility index (Phi) is 16.4. The summed E-state index contributed by atoms with van der Waals surface area (Å²) < 4.78 is 53.8. The number of aliphatic hydroxyl groups excluding tert-OH is 2. The van der Waals surface area contributed by atoms with Crippen molar-refractivity contribution in [3.63, 3.8) is 0 Å². The fourth-order valence-electron chi connectivity index (χ4n) is 8.27. The molecule has 18 atom stereocenters. The zero-order chi connectivity index (χ0) is 41.6. The minimum Gasteiger partial charge on any atom is -0.462 e. The van der Waals surface area contributed by atoms with Gasteiger partial charge in [-0.1, -0.05) is 19.1 Å². The smallest absolute Gasteiger partial charge is 0.309 e. The summed E-state index contributed by atoms with van der Waals surface area (Å²) in [5.74, 6) is -3.04. The van der Waals surface area contributed by atoms with E-state index in [1.807, 2.05) is 6.92 Å². The predicted octanol–water partition coefficient (Wildman–Crippen LogP) is 1.20. The lowest BCUT2D eigenvalue weighted by Gasteiger charge is -2.50. The second-order valence-electron chi connectivity index (χ2n) is 16.2. The highest BCUT2D eigenvalue weighted by Crippen LogP contribution is 2.38. The lowest BCUT2D eigenvalue weighted by atomic mass is 9.82. The molecular weight excluding hydrogens is 738 g/mol. The van der Waals surface area contributed by atoms with Crippen molar-refractivity contribution >= 4 is 24.2 Å². The molecule has 3 fully saturated rings. The van der Waals surface area contributed by atoms with Gasteiger partial charge in [-0.15, -0.1) is 0 Å². The van der Waals surface area contributed by atoms with Crippen molar-refractivity contribution in [1.82, 2.24) is 4.90 Å². The van der Waals surface area contributed by atoms with E-state index in [1.54, 1.807) is 51.9 Å². The number of carbonyl (C=O) groups is 4. The van der Waals surface area contributed by atoms with Crippen LogP contribution in [0, 0.1) is 11.8 Å². The molecule has 3 N–H and O–H groups in total. The van der Waals surface area contributed by atoms with Gasteiger partial charge in [-0.2, -0.15) is 0 Å². The lowest BCUT2D eigenvalue weighted by molar-refractivity contribution is -0.344. The molecule has 4 heterocycles. The quantitative estimate of drug-likeness (QED) is 0.0929. The number of ether oxygens (including phenoxy) is 9. The Labute approximate surface area is 329 Å². The van der Waals surface area contributed by atoms with Gasteiger partial charge in [0.05, 0.1) is 43.0 Å².